The normalized spacial score (nSPS) is 10.4. The van der Waals surface area contributed by atoms with Crippen molar-refractivity contribution in [2.75, 3.05) is 58.3 Å². The highest BCUT2D eigenvalue weighted by atomic mass is 16.5. The van der Waals surface area contributed by atoms with Gasteiger partial charge in [0.1, 0.15) is 13.2 Å². The van der Waals surface area contributed by atoms with Crippen molar-refractivity contribution in [1.29, 1.82) is 0 Å². The van der Waals surface area contributed by atoms with Gasteiger partial charge in [0.05, 0.1) is 0 Å². The van der Waals surface area contributed by atoms with E-state index in [1.807, 2.05) is 44.1 Å². The average Bonchev–Trinajstić information content (AvgIpc) is 2.54. The van der Waals surface area contributed by atoms with E-state index in [0.29, 0.717) is 18.8 Å². The molecule has 0 aliphatic carbocycles. The number of carbonyl (C=O) groups excluding carboxylic acids is 2. The third kappa shape index (κ3) is 6.72. The Labute approximate surface area is 149 Å². The molecule has 0 spiro atoms. The van der Waals surface area contributed by atoms with Gasteiger partial charge in [-0.15, -0.1) is 0 Å². The van der Waals surface area contributed by atoms with E-state index in [-0.39, 0.29) is 25.0 Å². The quantitative estimate of drug-likeness (QED) is 0.695. The van der Waals surface area contributed by atoms with Crippen LogP contribution in [0.2, 0.25) is 0 Å². The molecule has 0 radical (unpaired) electrons. The minimum absolute atomic E-state index is 0.000943. The van der Waals surface area contributed by atoms with Gasteiger partial charge in [-0.1, -0.05) is 6.92 Å². The number of carbonyl (C=O) groups is 2. The zero-order chi connectivity index (χ0) is 18.8. The van der Waals surface area contributed by atoms with Gasteiger partial charge in [0.15, 0.2) is 0 Å². The number of hydrogen-bond donors (Lipinski definition) is 1. The van der Waals surface area contributed by atoms with Crippen LogP contribution in [0.4, 0.5) is 11.4 Å². The maximum absolute atomic E-state index is 12.3. The Bertz CT molecular complexity index is 575. The molecule has 0 bridgehead atoms. The fourth-order valence-electron chi connectivity index (χ4n) is 2.54. The molecule has 0 unspecified atom stereocenters. The fraction of sp³-hybridized carbons (Fsp3) is 0.556. The molecule has 0 aliphatic rings. The second-order valence-corrected chi connectivity index (χ2v) is 5.97. The molecular weight excluding hydrogens is 322 g/mol. The summed E-state index contributed by atoms with van der Waals surface area (Å²) in [7, 11) is 6.88. The number of methoxy groups -OCH3 is 2. The van der Waals surface area contributed by atoms with Crippen LogP contribution in [-0.2, 0) is 25.6 Å². The molecule has 0 aromatic heterocycles. The molecule has 7 heteroatoms. The summed E-state index contributed by atoms with van der Waals surface area (Å²) in [5, 5.41) is 2.80. The van der Waals surface area contributed by atoms with Crippen LogP contribution in [0.25, 0.3) is 0 Å². The van der Waals surface area contributed by atoms with E-state index in [4.69, 9.17) is 9.47 Å². The van der Waals surface area contributed by atoms with Gasteiger partial charge in [0.25, 0.3) is 0 Å². The Kier molecular flexibility index (Phi) is 8.94. The van der Waals surface area contributed by atoms with Crippen molar-refractivity contribution in [3.63, 3.8) is 0 Å². The van der Waals surface area contributed by atoms with Gasteiger partial charge in [-0.3, -0.25) is 9.59 Å². The van der Waals surface area contributed by atoms with Gasteiger partial charge < -0.3 is 24.6 Å². The van der Waals surface area contributed by atoms with Crippen molar-refractivity contribution in [2.24, 2.45) is 0 Å². The fourth-order valence-corrected chi connectivity index (χ4v) is 2.54. The van der Waals surface area contributed by atoms with Crippen LogP contribution >= 0.6 is 0 Å². The molecule has 1 aromatic rings. The minimum atomic E-state index is -0.216. The van der Waals surface area contributed by atoms with Crippen molar-refractivity contribution < 1.29 is 19.1 Å². The molecule has 0 saturated carbocycles. The zero-order valence-corrected chi connectivity index (χ0v) is 15.8. The standard InChI is InChI=1S/C18H29N3O4/c1-6-9-21(18(23)13-25-5)11-14-10-15(19-17(22)12-24-4)7-8-16(14)20(2)3/h7-8,10H,6,9,11-13H2,1-5H3,(H,19,22). The number of benzene rings is 1. The maximum atomic E-state index is 12.3. The highest BCUT2D eigenvalue weighted by Gasteiger charge is 2.16. The van der Waals surface area contributed by atoms with Crippen LogP contribution in [0, 0.1) is 0 Å². The molecule has 0 aliphatic heterocycles. The summed E-state index contributed by atoms with van der Waals surface area (Å²) in [4.78, 5) is 27.8. The van der Waals surface area contributed by atoms with Gasteiger partial charge in [0.2, 0.25) is 11.8 Å². The van der Waals surface area contributed by atoms with Crippen LogP contribution in [-0.4, -0.2) is 64.8 Å². The number of hydrogen-bond acceptors (Lipinski definition) is 5. The summed E-state index contributed by atoms with van der Waals surface area (Å²) in [6.45, 7) is 3.19. The smallest absolute Gasteiger partial charge is 0.250 e. The first-order valence-corrected chi connectivity index (χ1v) is 8.28. The predicted molar refractivity (Wildman–Crippen MR) is 98.9 cm³/mol. The van der Waals surface area contributed by atoms with Crippen LogP contribution in [0.5, 0.6) is 0 Å². The second-order valence-electron chi connectivity index (χ2n) is 5.97. The average molecular weight is 351 g/mol. The summed E-state index contributed by atoms with van der Waals surface area (Å²) in [6, 6.07) is 5.67. The van der Waals surface area contributed by atoms with Gasteiger partial charge in [-0.05, 0) is 30.2 Å². The molecule has 25 heavy (non-hydrogen) atoms. The molecule has 140 valence electrons. The lowest BCUT2D eigenvalue weighted by molar-refractivity contribution is -0.135. The number of nitrogens with one attached hydrogen (secondary N) is 1. The molecule has 0 fully saturated rings. The van der Waals surface area contributed by atoms with Crippen LogP contribution in [0.3, 0.4) is 0 Å². The Morgan fingerprint density at radius 1 is 1.12 bits per heavy atom. The van der Waals surface area contributed by atoms with Crippen molar-refractivity contribution >= 4 is 23.2 Å². The summed E-state index contributed by atoms with van der Waals surface area (Å²) < 4.78 is 9.81. The highest BCUT2D eigenvalue weighted by Crippen LogP contribution is 2.24. The highest BCUT2D eigenvalue weighted by molar-refractivity contribution is 5.92. The molecule has 0 atom stereocenters. The van der Waals surface area contributed by atoms with Crippen LogP contribution in [0.1, 0.15) is 18.9 Å². The zero-order valence-electron chi connectivity index (χ0n) is 15.8. The van der Waals surface area contributed by atoms with Crippen molar-refractivity contribution in [3.05, 3.63) is 23.8 Å². The van der Waals surface area contributed by atoms with Crippen molar-refractivity contribution in [3.8, 4) is 0 Å². The first-order valence-electron chi connectivity index (χ1n) is 8.28. The van der Waals surface area contributed by atoms with E-state index in [2.05, 4.69) is 5.32 Å². The topological polar surface area (TPSA) is 71.1 Å². The van der Waals surface area contributed by atoms with Gasteiger partial charge >= 0.3 is 0 Å². The van der Waals surface area contributed by atoms with Gasteiger partial charge in [0, 0.05) is 52.8 Å². The number of anilines is 2. The summed E-state index contributed by atoms with van der Waals surface area (Å²) >= 11 is 0. The Hall–Kier alpha value is -2.12. The van der Waals surface area contributed by atoms with E-state index in [1.165, 1.54) is 14.2 Å². The first kappa shape index (κ1) is 20.9. The Morgan fingerprint density at radius 2 is 1.80 bits per heavy atom. The lowest BCUT2D eigenvalue weighted by Crippen LogP contribution is -2.34. The third-order valence-corrected chi connectivity index (χ3v) is 3.60. The summed E-state index contributed by atoms with van der Waals surface area (Å²) in [6.07, 6.45) is 0.858. The second kappa shape index (κ2) is 10.7. The van der Waals surface area contributed by atoms with Crippen molar-refractivity contribution in [2.45, 2.75) is 19.9 Å². The molecule has 1 rings (SSSR count). The van der Waals surface area contributed by atoms with Gasteiger partial charge in [-0.2, -0.15) is 0 Å². The number of nitrogens with zero attached hydrogens (tertiary/aromatic N) is 2. The third-order valence-electron chi connectivity index (χ3n) is 3.60. The molecular formula is C18H29N3O4. The largest absolute Gasteiger partial charge is 0.377 e. The molecule has 0 saturated heterocycles. The molecule has 0 heterocycles. The first-order chi connectivity index (χ1) is 11.9. The number of ether oxygens (including phenoxy) is 2. The Morgan fingerprint density at radius 3 is 2.36 bits per heavy atom. The maximum Gasteiger partial charge on any atom is 0.250 e. The molecule has 1 aromatic carbocycles. The summed E-state index contributed by atoms with van der Waals surface area (Å²) in [5.74, 6) is -0.269. The predicted octanol–water partition coefficient (Wildman–Crippen LogP) is 1.72. The lowest BCUT2D eigenvalue weighted by Gasteiger charge is -2.26. The lowest BCUT2D eigenvalue weighted by atomic mass is 10.1. The van der Waals surface area contributed by atoms with Crippen molar-refractivity contribution in [1.82, 2.24) is 4.90 Å². The molecule has 2 amide bonds. The van der Waals surface area contributed by atoms with E-state index in [0.717, 1.165) is 17.7 Å². The van der Waals surface area contributed by atoms with E-state index >= 15 is 0 Å². The van der Waals surface area contributed by atoms with Crippen LogP contribution < -0.4 is 10.2 Å². The molecule has 7 nitrogen and oxygen atoms in total. The Balaban J connectivity index is 3.06. The molecule has 1 N–H and O–H groups in total. The minimum Gasteiger partial charge on any atom is -0.377 e. The number of rotatable bonds is 10. The monoisotopic (exact) mass is 351 g/mol. The SMILES string of the molecule is CCCN(Cc1cc(NC(=O)COC)ccc1N(C)C)C(=O)COC. The van der Waals surface area contributed by atoms with E-state index < -0.39 is 0 Å². The number of amides is 2. The van der Waals surface area contributed by atoms with E-state index in [9.17, 15) is 9.59 Å². The van der Waals surface area contributed by atoms with Gasteiger partial charge in [-0.25, -0.2) is 0 Å². The summed E-state index contributed by atoms with van der Waals surface area (Å²) in [5.41, 5.74) is 2.63. The van der Waals surface area contributed by atoms with E-state index in [1.54, 1.807) is 4.90 Å². The van der Waals surface area contributed by atoms with Crippen LogP contribution in [0.15, 0.2) is 18.2 Å².